The molecule has 1 N–H and O–H groups in total. The van der Waals surface area contributed by atoms with Crippen LogP contribution in [0.15, 0.2) is 41.0 Å². The van der Waals surface area contributed by atoms with Gasteiger partial charge in [-0.1, -0.05) is 17.7 Å². The van der Waals surface area contributed by atoms with Crippen molar-refractivity contribution in [1.29, 1.82) is 0 Å². The molecular formula is C17H19ClN2O3. The second-order valence-corrected chi connectivity index (χ2v) is 5.71. The predicted molar refractivity (Wildman–Crippen MR) is 89.2 cm³/mol. The Labute approximate surface area is 140 Å². The third-order valence-corrected chi connectivity index (χ3v) is 3.69. The monoisotopic (exact) mass is 334 g/mol. The maximum absolute atomic E-state index is 12.1. The van der Waals surface area contributed by atoms with Crippen LogP contribution < -0.4 is 5.32 Å². The van der Waals surface area contributed by atoms with Gasteiger partial charge >= 0.3 is 0 Å². The number of carbonyl (C=O) groups is 2. The molecular weight excluding hydrogens is 316 g/mol. The maximum Gasteiger partial charge on any atom is 0.226 e. The highest BCUT2D eigenvalue weighted by molar-refractivity contribution is 6.31. The summed E-state index contributed by atoms with van der Waals surface area (Å²) in [5.74, 6) is 0.417. The molecule has 2 rings (SSSR count). The van der Waals surface area contributed by atoms with Crippen molar-refractivity contribution in [2.24, 2.45) is 0 Å². The van der Waals surface area contributed by atoms with E-state index in [1.165, 1.54) is 6.92 Å². The Hall–Kier alpha value is -2.27. The lowest BCUT2D eigenvalue weighted by molar-refractivity contribution is -0.130. The fraction of sp³-hybridized carbons (Fsp3) is 0.294. The summed E-state index contributed by atoms with van der Waals surface area (Å²) in [6.45, 7) is 4.04. The highest BCUT2D eigenvalue weighted by Gasteiger charge is 2.13. The van der Waals surface area contributed by atoms with E-state index in [0.717, 1.165) is 5.56 Å². The third kappa shape index (κ3) is 5.14. The second kappa shape index (κ2) is 7.83. The number of aryl methyl sites for hydroxylation is 1. The molecule has 0 fully saturated rings. The van der Waals surface area contributed by atoms with E-state index in [-0.39, 0.29) is 18.2 Å². The van der Waals surface area contributed by atoms with Crippen molar-refractivity contribution in [2.75, 3.05) is 11.9 Å². The zero-order chi connectivity index (χ0) is 16.8. The van der Waals surface area contributed by atoms with Gasteiger partial charge in [0.05, 0.1) is 12.8 Å². The summed E-state index contributed by atoms with van der Waals surface area (Å²) in [4.78, 5) is 25.3. The molecule has 2 amide bonds. The Balaban J connectivity index is 1.91. The van der Waals surface area contributed by atoms with Gasteiger partial charge in [0.25, 0.3) is 0 Å². The molecule has 0 radical (unpaired) electrons. The Bertz CT molecular complexity index is 683. The van der Waals surface area contributed by atoms with Crippen molar-refractivity contribution >= 4 is 29.1 Å². The van der Waals surface area contributed by atoms with Crippen LogP contribution >= 0.6 is 11.6 Å². The van der Waals surface area contributed by atoms with E-state index in [1.807, 2.05) is 13.0 Å². The first kappa shape index (κ1) is 17.1. The second-order valence-electron chi connectivity index (χ2n) is 5.28. The maximum atomic E-state index is 12.1. The highest BCUT2D eigenvalue weighted by Crippen LogP contribution is 2.20. The minimum Gasteiger partial charge on any atom is -0.467 e. The molecule has 0 aliphatic rings. The minimum atomic E-state index is -0.166. The van der Waals surface area contributed by atoms with Crippen molar-refractivity contribution in [2.45, 2.75) is 26.8 Å². The largest absolute Gasteiger partial charge is 0.467 e. The van der Waals surface area contributed by atoms with Gasteiger partial charge in [0.1, 0.15) is 5.76 Å². The lowest BCUT2D eigenvalue weighted by atomic mass is 10.2. The summed E-state index contributed by atoms with van der Waals surface area (Å²) in [6, 6.07) is 8.89. The SMILES string of the molecule is CC(=O)N(CCC(=O)Nc1cc(Cl)ccc1C)Cc1ccco1. The third-order valence-electron chi connectivity index (χ3n) is 3.45. The van der Waals surface area contributed by atoms with Gasteiger partial charge in [0.2, 0.25) is 11.8 Å². The van der Waals surface area contributed by atoms with E-state index in [9.17, 15) is 9.59 Å². The van der Waals surface area contributed by atoms with Gasteiger partial charge in [-0.15, -0.1) is 0 Å². The molecule has 6 heteroatoms. The number of nitrogens with zero attached hydrogens (tertiary/aromatic N) is 1. The molecule has 0 bridgehead atoms. The Morgan fingerprint density at radius 3 is 2.74 bits per heavy atom. The van der Waals surface area contributed by atoms with E-state index < -0.39 is 0 Å². The fourth-order valence-corrected chi connectivity index (χ4v) is 2.29. The molecule has 2 aromatic rings. The van der Waals surface area contributed by atoms with Crippen LogP contribution in [0.1, 0.15) is 24.7 Å². The molecule has 0 aliphatic heterocycles. The van der Waals surface area contributed by atoms with Crippen molar-refractivity contribution in [3.63, 3.8) is 0 Å². The van der Waals surface area contributed by atoms with Crippen LogP contribution in [0.5, 0.6) is 0 Å². The molecule has 0 saturated heterocycles. The smallest absolute Gasteiger partial charge is 0.226 e. The van der Waals surface area contributed by atoms with E-state index in [0.29, 0.717) is 29.6 Å². The molecule has 0 unspecified atom stereocenters. The fourth-order valence-electron chi connectivity index (χ4n) is 2.12. The molecule has 0 atom stereocenters. The summed E-state index contributed by atoms with van der Waals surface area (Å²) in [5, 5.41) is 3.38. The molecule has 5 nitrogen and oxygen atoms in total. The van der Waals surface area contributed by atoms with Gasteiger partial charge in [0.15, 0.2) is 0 Å². The highest BCUT2D eigenvalue weighted by atomic mass is 35.5. The van der Waals surface area contributed by atoms with Crippen LogP contribution in [-0.4, -0.2) is 23.3 Å². The number of carbonyl (C=O) groups excluding carboxylic acids is 2. The van der Waals surface area contributed by atoms with Gasteiger partial charge in [0, 0.05) is 30.6 Å². The van der Waals surface area contributed by atoms with Gasteiger partial charge < -0.3 is 14.6 Å². The lowest BCUT2D eigenvalue weighted by Gasteiger charge is -2.19. The average molecular weight is 335 g/mol. The van der Waals surface area contributed by atoms with Crippen molar-refractivity contribution in [1.82, 2.24) is 4.90 Å². The molecule has 122 valence electrons. The Morgan fingerprint density at radius 1 is 1.30 bits per heavy atom. The Kier molecular flexibility index (Phi) is 5.82. The first-order valence-electron chi connectivity index (χ1n) is 7.29. The van der Waals surface area contributed by atoms with Crippen LogP contribution in [0.4, 0.5) is 5.69 Å². The lowest BCUT2D eigenvalue weighted by Crippen LogP contribution is -2.31. The number of benzene rings is 1. The van der Waals surface area contributed by atoms with Gasteiger partial charge in [-0.25, -0.2) is 0 Å². The molecule has 0 aliphatic carbocycles. The topological polar surface area (TPSA) is 62.6 Å². The quantitative estimate of drug-likeness (QED) is 0.877. The van der Waals surface area contributed by atoms with Crippen LogP contribution in [0.2, 0.25) is 5.02 Å². The number of hydrogen-bond acceptors (Lipinski definition) is 3. The predicted octanol–water partition coefficient (Wildman–Crippen LogP) is 3.62. The molecule has 1 aromatic carbocycles. The van der Waals surface area contributed by atoms with Gasteiger partial charge in [-0.2, -0.15) is 0 Å². The number of furan rings is 1. The van der Waals surface area contributed by atoms with Gasteiger partial charge in [-0.3, -0.25) is 9.59 Å². The zero-order valence-electron chi connectivity index (χ0n) is 13.1. The van der Waals surface area contributed by atoms with Crippen LogP contribution in [0, 0.1) is 6.92 Å². The zero-order valence-corrected chi connectivity index (χ0v) is 13.9. The van der Waals surface area contributed by atoms with E-state index in [2.05, 4.69) is 5.32 Å². The minimum absolute atomic E-state index is 0.104. The van der Waals surface area contributed by atoms with Crippen LogP contribution in [0.3, 0.4) is 0 Å². The van der Waals surface area contributed by atoms with Crippen molar-refractivity contribution < 1.29 is 14.0 Å². The average Bonchev–Trinajstić information content (AvgIpc) is 3.00. The normalized spacial score (nSPS) is 10.4. The number of hydrogen-bond donors (Lipinski definition) is 1. The van der Waals surface area contributed by atoms with Crippen LogP contribution in [-0.2, 0) is 16.1 Å². The summed E-state index contributed by atoms with van der Waals surface area (Å²) >= 11 is 5.93. The summed E-state index contributed by atoms with van der Waals surface area (Å²) in [6.07, 6.45) is 1.76. The molecule has 0 saturated carbocycles. The number of amides is 2. The number of nitrogens with one attached hydrogen (secondary N) is 1. The Morgan fingerprint density at radius 2 is 2.09 bits per heavy atom. The molecule has 0 spiro atoms. The first-order valence-corrected chi connectivity index (χ1v) is 7.67. The summed E-state index contributed by atoms with van der Waals surface area (Å²) in [7, 11) is 0. The number of halogens is 1. The van der Waals surface area contributed by atoms with E-state index >= 15 is 0 Å². The standard InChI is InChI=1S/C17H19ClN2O3/c1-12-5-6-14(18)10-16(12)19-17(22)7-8-20(13(2)21)11-15-4-3-9-23-15/h3-6,9-10H,7-8,11H2,1-2H3,(H,19,22). The summed E-state index contributed by atoms with van der Waals surface area (Å²) in [5.41, 5.74) is 1.62. The van der Waals surface area contributed by atoms with Gasteiger partial charge in [-0.05, 0) is 36.8 Å². The number of rotatable bonds is 6. The first-order chi connectivity index (χ1) is 11.0. The molecule has 1 aromatic heterocycles. The number of anilines is 1. The molecule has 1 heterocycles. The van der Waals surface area contributed by atoms with E-state index in [4.69, 9.17) is 16.0 Å². The summed E-state index contributed by atoms with van der Waals surface area (Å²) < 4.78 is 5.24. The molecule has 23 heavy (non-hydrogen) atoms. The van der Waals surface area contributed by atoms with E-state index in [1.54, 1.807) is 35.4 Å². The van der Waals surface area contributed by atoms with Crippen molar-refractivity contribution in [3.8, 4) is 0 Å². The van der Waals surface area contributed by atoms with Crippen molar-refractivity contribution in [3.05, 3.63) is 52.9 Å². The van der Waals surface area contributed by atoms with Crippen LogP contribution in [0.25, 0.3) is 0 Å².